The minimum absolute atomic E-state index is 0.0225. The average molecular weight is 1040 g/mol. The van der Waals surface area contributed by atoms with Crippen molar-refractivity contribution in [3.05, 3.63) is 114 Å². The van der Waals surface area contributed by atoms with Crippen LogP contribution < -0.4 is 16.1 Å². The highest BCUT2D eigenvalue weighted by atomic mass is 33.1. The number of hydrogen-bond donors (Lipinski definition) is 2. The molecule has 13 nitrogen and oxygen atoms in total. The lowest BCUT2D eigenvalue weighted by molar-refractivity contribution is -0.142. The molecule has 3 aromatic rings. The summed E-state index contributed by atoms with van der Waals surface area (Å²) in [5, 5.41) is 3.76. The van der Waals surface area contributed by atoms with Crippen LogP contribution in [0.1, 0.15) is 155 Å². The summed E-state index contributed by atoms with van der Waals surface area (Å²) in [6.07, 6.45) is 8.21. The third kappa shape index (κ3) is 25.0. The van der Waals surface area contributed by atoms with Crippen LogP contribution in [-0.2, 0) is 40.1 Å². The van der Waals surface area contributed by atoms with E-state index < -0.39 is 5.54 Å². The van der Waals surface area contributed by atoms with E-state index >= 15 is 0 Å². The molecule has 3 N–H and O–H groups in total. The van der Waals surface area contributed by atoms with Crippen molar-refractivity contribution in [2.45, 2.75) is 183 Å². The first-order valence-corrected chi connectivity index (χ1v) is 26.6. The molecular weight excluding hydrogens is 957 g/mol. The van der Waals surface area contributed by atoms with Gasteiger partial charge in [-0.3, -0.25) is 33.7 Å². The number of para-hydroxylation sites is 1. The number of hydrogen-bond acceptors (Lipinski definition) is 12. The molecule has 4 amide bonds. The SMILES string of the molecule is CC(C)(C)N1C(=O)C=CC1=O.CC(C)(C)N1Cc2ccccc2C#Cc2ccccc21.CC(C)(C)NC(=O)CON.CC(C)(C)SSc1ccccn1.CCC(=O)C(C)(C)C.COC1C=CC(=O)N1C(C)(C)C. The summed E-state index contributed by atoms with van der Waals surface area (Å²) in [5.74, 6) is 11.1. The number of ether oxygens (including phenoxy) is 1. The fourth-order valence-corrected chi connectivity index (χ4v) is 8.50. The Morgan fingerprint density at radius 2 is 1.25 bits per heavy atom. The number of carbonyl (C=O) groups is 5. The molecule has 0 saturated carbocycles. The zero-order valence-electron chi connectivity index (χ0n) is 47.5. The standard InChI is InChI=1S/C19H19N.C9H15NO2.C9H13NS2.C8H11NO2.C7H14O.C6H14N2O2/c1-19(2,3)20-14-17-10-5-4-8-15(17)12-13-16-9-6-7-11-18(16)20;1-9(2,3)10-7(11)5-6-8(10)12-4;1-9(2,3)12-11-8-6-4-5-7-10-8;1-8(2,3)9-6(10)4-5-7(9)11;1-5-6(8)7(2,3)4;1-6(2,3)8-5(9)4-10-7/h4-11H,14H2,1-3H3;5-6,8H,1-4H3;4-7H,1-3H3;4-5H,1-3H3;5H2,1-4H3;4,7H2,1-3H3,(H,8,9). The monoisotopic (exact) mass is 1040 g/mol. The van der Waals surface area contributed by atoms with Crippen molar-refractivity contribution >= 4 is 56.7 Å². The van der Waals surface area contributed by atoms with Gasteiger partial charge in [-0.25, -0.2) is 10.9 Å². The molecule has 0 saturated heterocycles. The lowest BCUT2D eigenvalue weighted by Crippen LogP contribution is -2.48. The third-order valence-electron chi connectivity index (χ3n) is 9.92. The number of Topliss-reactive ketones (excluding diaryl/α,β-unsaturated/α-hetero) is 1. The van der Waals surface area contributed by atoms with Gasteiger partial charge in [0.15, 0.2) is 6.23 Å². The lowest BCUT2D eigenvalue weighted by Gasteiger charge is -2.39. The van der Waals surface area contributed by atoms with Crippen molar-refractivity contribution in [2.24, 2.45) is 11.3 Å². The van der Waals surface area contributed by atoms with Crippen molar-refractivity contribution in [1.29, 1.82) is 0 Å². The van der Waals surface area contributed by atoms with Gasteiger partial charge in [0.25, 0.3) is 11.8 Å². The third-order valence-corrected chi connectivity index (χ3v) is 13.2. The number of aromatic nitrogens is 1. The number of imide groups is 1. The number of fused-ring (bicyclic) bond motifs is 2. The molecule has 0 bridgehead atoms. The number of pyridine rings is 1. The van der Waals surface area contributed by atoms with E-state index in [0.717, 1.165) is 22.7 Å². The number of nitrogens with zero attached hydrogens (tertiary/aromatic N) is 4. The molecule has 3 aliphatic rings. The molecule has 1 unspecified atom stereocenters. The van der Waals surface area contributed by atoms with E-state index in [0.29, 0.717) is 17.0 Å². The van der Waals surface area contributed by atoms with Crippen molar-refractivity contribution in [1.82, 2.24) is 20.1 Å². The Morgan fingerprint density at radius 3 is 1.66 bits per heavy atom. The summed E-state index contributed by atoms with van der Waals surface area (Å²) in [6, 6.07) is 22.8. The van der Waals surface area contributed by atoms with Crippen LogP contribution in [0.15, 0.2) is 102 Å². The van der Waals surface area contributed by atoms with Crippen molar-refractivity contribution in [3.8, 4) is 11.8 Å². The molecule has 0 radical (unpaired) electrons. The summed E-state index contributed by atoms with van der Waals surface area (Å²) in [7, 11) is 5.18. The van der Waals surface area contributed by atoms with Crippen LogP contribution in [-0.4, -0.2) is 91.0 Å². The van der Waals surface area contributed by atoms with E-state index in [4.69, 9.17) is 4.74 Å². The number of nitrogens with one attached hydrogen (secondary N) is 1. The quantitative estimate of drug-likeness (QED) is 0.104. The molecule has 402 valence electrons. The largest absolute Gasteiger partial charge is 0.361 e. The van der Waals surface area contributed by atoms with Gasteiger partial charge in [0, 0.05) is 87.9 Å². The Kier molecular flexibility index (Phi) is 26.1. The number of amides is 4. The molecule has 1 atom stereocenters. The van der Waals surface area contributed by atoms with E-state index in [1.54, 1.807) is 35.0 Å². The van der Waals surface area contributed by atoms with Gasteiger partial charge < -0.3 is 19.9 Å². The molecule has 2 aromatic carbocycles. The fourth-order valence-electron chi connectivity index (χ4n) is 6.62. The van der Waals surface area contributed by atoms with E-state index in [1.165, 1.54) is 28.3 Å². The fraction of sp³-hybridized carbons (Fsp3) is 0.517. The first-order chi connectivity index (χ1) is 33.5. The molecule has 1 aromatic heterocycles. The zero-order chi connectivity index (χ0) is 56.2. The van der Waals surface area contributed by atoms with Gasteiger partial charge in [0.2, 0.25) is 11.8 Å². The first kappa shape index (κ1) is 65.8. The zero-order valence-corrected chi connectivity index (χ0v) is 49.1. The maximum atomic E-state index is 11.3. The number of methoxy groups -OCH3 is 1. The Balaban J connectivity index is 0.000000451. The van der Waals surface area contributed by atoms with Gasteiger partial charge in [-0.1, -0.05) is 107 Å². The van der Waals surface area contributed by atoms with Crippen LogP contribution in [0.4, 0.5) is 5.69 Å². The predicted molar refractivity (Wildman–Crippen MR) is 302 cm³/mol. The van der Waals surface area contributed by atoms with Crippen LogP contribution in [0.5, 0.6) is 0 Å². The van der Waals surface area contributed by atoms with Crippen LogP contribution in [0.25, 0.3) is 0 Å². The topological polar surface area (TPSA) is 164 Å². The van der Waals surface area contributed by atoms with Gasteiger partial charge in [-0.2, -0.15) is 0 Å². The predicted octanol–water partition coefficient (Wildman–Crippen LogP) is 11.5. The number of ketones is 1. The summed E-state index contributed by atoms with van der Waals surface area (Å²) in [5.41, 5.74) is 3.89. The highest BCUT2D eigenvalue weighted by Crippen LogP contribution is 2.39. The second-order valence-electron chi connectivity index (χ2n) is 23.1. The second kappa shape index (κ2) is 29.0. The molecule has 0 aliphatic carbocycles. The van der Waals surface area contributed by atoms with Gasteiger partial charge in [-0.15, -0.1) is 0 Å². The van der Waals surface area contributed by atoms with Crippen LogP contribution >= 0.6 is 21.6 Å². The number of rotatable bonds is 6. The molecule has 0 spiro atoms. The minimum atomic E-state index is -0.405. The smallest absolute Gasteiger partial charge is 0.254 e. The second-order valence-corrected chi connectivity index (χ2v) is 26.1. The molecule has 6 rings (SSSR count). The molecule has 73 heavy (non-hydrogen) atoms. The van der Waals surface area contributed by atoms with Crippen molar-refractivity contribution in [2.75, 3.05) is 18.6 Å². The first-order valence-electron chi connectivity index (χ1n) is 24.5. The number of nitrogens with two attached hydrogens (primary N) is 1. The van der Waals surface area contributed by atoms with E-state index in [1.807, 2.05) is 125 Å². The summed E-state index contributed by atoms with van der Waals surface area (Å²) in [6.45, 7) is 39.0. The van der Waals surface area contributed by atoms with Crippen molar-refractivity contribution < 1.29 is 33.5 Å². The Bertz CT molecular complexity index is 2370. The Morgan fingerprint density at radius 1 is 0.712 bits per heavy atom. The number of anilines is 1. The highest BCUT2D eigenvalue weighted by Gasteiger charge is 2.35. The molecule has 0 fully saturated rings. The van der Waals surface area contributed by atoms with Gasteiger partial charge in [-0.05, 0) is 136 Å². The normalized spacial score (nSPS) is 15.1. The molecule has 4 heterocycles. The van der Waals surface area contributed by atoms with Crippen LogP contribution in [0.2, 0.25) is 0 Å². The van der Waals surface area contributed by atoms with Gasteiger partial charge in [0.1, 0.15) is 17.4 Å². The average Bonchev–Trinajstić information content (AvgIpc) is 3.83. The molecule has 15 heteroatoms. The Labute approximate surface area is 446 Å². The summed E-state index contributed by atoms with van der Waals surface area (Å²) < 4.78 is 5.43. The Hall–Kier alpha value is -5.24. The van der Waals surface area contributed by atoms with Crippen LogP contribution in [0.3, 0.4) is 0 Å². The van der Waals surface area contributed by atoms with Gasteiger partial charge >= 0.3 is 0 Å². The van der Waals surface area contributed by atoms with Crippen LogP contribution in [0, 0.1) is 17.3 Å². The summed E-state index contributed by atoms with van der Waals surface area (Å²) in [4.78, 5) is 68.8. The van der Waals surface area contributed by atoms with E-state index in [-0.39, 0.29) is 58.5 Å². The molecule has 3 aliphatic heterocycles. The minimum Gasteiger partial charge on any atom is -0.361 e. The molecular formula is C58H86N6O7S2. The van der Waals surface area contributed by atoms with Gasteiger partial charge in [0.05, 0.1) is 5.69 Å². The number of carbonyl (C=O) groups excluding carboxylic acids is 5. The van der Waals surface area contributed by atoms with Crippen molar-refractivity contribution in [3.63, 3.8) is 0 Å². The lowest BCUT2D eigenvalue weighted by atomic mass is 9.90. The van der Waals surface area contributed by atoms with E-state index in [9.17, 15) is 24.0 Å². The highest BCUT2D eigenvalue weighted by molar-refractivity contribution is 8.77. The maximum absolute atomic E-state index is 11.3. The summed E-state index contributed by atoms with van der Waals surface area (Å²) >= 11 is 0. The number of benzene rings is 2. The maximum Gasteiger partial charge on any atom is 0.254 e. The van der Waals surface area contributed by atoms with E-state index in [2.05, 4.69) is 128 Å².